The third kappa shape index (κ3) is 10.7. The summed E-state index contributed by atoms with van der Waals surface area (Å²) < 4.78 is 68.0. The van der Waals surface area contributed by atoms with Gasteiger partial charge in [-0.2, -0.15) is 0 Å². The van der Waals surface area contributed by atoms with Crippen molar-refractivity contribution in [3.63, 3.8) is 0 Å². The maximum atomic E-state index is 11.3. The van der Waals surface area contributed by atoms with E-state index in [4.69, 9.17) is 4.74 Å². The van der Waals surface area contributed by atoms with Crippen LogP contribution >= 0.6 is 0 Å². The van der Waals surface area contributed by atoms with Crippen molar-refractivity contribution >= 4 is 26.2 Å². The van der Waals surface area contributed by atoms with E-state index in [1.165, 1.54) is 76.3 Å². The number of rotatable bonds is 8. The molecule has 0 spiro atoms. The van der Waals surface area contributed by atoms with Crippen LogP contribution in [0.15, 0.2) is 101 Å². The zero-order chi connectivity index (χ0) is 35.7. The van der Waals surface area contributed by atoms with Crippen LogP contribution in [0.2, 0.25) is 0 Å². The van der Waals surface area contributed by atoms with E-state index in [1.54, 1.807) is 19.2 Å². The number of ether oxygens (including phenoxy) is 1. The Morgan fingerprint density at radius 3 is 1.79 bits per heavy atom. The molecular formula is C36H42NO9S2-. The number of aliphatic carboxylic acids is 1. The Morgan fingerprint density at radius 2 is 1.33 bits per heavy atom. The van der Waals surface area contributed by atoms with Crippen LogP contribution in [-0.4, -0.2) is 68.7 Å². The molecule has 0 unspecified atom stereocenters. The minimum Gasteiger partial charge on any atom is -0.744 e. The highest BCUT2D eigenvalue weighted by molar-refractivity contribution is 7.86. The summed E-state index contributed by atoms with van der Waals surface area (Å²) in [6, 6.07) is 25.7. The summed E-state index contributed by atoms with van der Waals surface area (Å²) in [4.78, 5) is 10.9. The van der Waals surface area contributed by atoms with Gasteiger partial charge in [-0.1, -0.05) is 54.6 Å². The lowest BCUT2D eigenvalue weighted by Crippen LogP contribution is -2.53. The molecule has 1 heterocycles. The van der Waals surface area contributed by atoms with Gasteiger partial charge >= 0.3 is 5.97 Å². The number of benzene rings is 4. The highest BCUT2D eigenvalue weighted by Crippen LogP contribution is 2.39. The molecule has 48 heavy (non-hydrogen) atoms. The quantitative estimate of drug-likeness (QED) is 0.184. The van der Waals surface area contributed by atoms with E-state index in [1.807, 2.05) is 0 Å². The molecule has 0 amide bonds. The van der Waals surface area contributed by atoms with Crippen LogP contribution in [0.1, 0.15) is 45.8 Å². The zero-order valence-corrected chi connectivity index (χ0v) is 29.4. The fraction of sp³-hybridized carbons (Fsp3) is 0.306. The standard InChI is InChI=1S/C24H31NO3.2C6H6O3S/c1-16-6-7-19(15-23(16)28-5)14-22-21-13-18(3)17(2)12-20(21)8-10-25(22,4)11-9-24(26)27;2*7-10(8,9)6-4-2-1-3-5-6/h6-7,12-13,15,22H,8-11,14H2,1-5H3;2*1-5H,(H,7,8,9)/p-1/t22-,25-;;/m1../s1. The lowest BCUT2D eigenvalue weighted by Gasteiger charge is -2.46. The molecule has 12 heteroatoms. The van der Waals surface area contributed by atoms with Gasteiger partial charge in [-0.15, -0.1) is 0 Å². The van der Waals surface area contributed by atoms with Gasteiger partial charge in [0.1, 0.15) is 32.0 Å². The topological polar surface area (TPSA) is 161 Å². The minimum absolute atomic E-state index is 0.185. The molecule has 258 valence electrons. The minimum atomic E-state index is -4.25. The molecule has 0 bridgehead atoms. The van der Waals surface area contributed by atoms with Gasteiger partial charge in [-0.3, -0.25) is 4.79 Å². The van der Waals surface area contributed by atoms with Crippen LogP contribution in [0.5, 0.6) is 5.75 Å². The third-order valence-electron chi connectivity index (χ3n) is 8.56. The molecule has 1 N–H and O–H groups in total. The first-order valence-electron chi connectivity index (χ1n) is 15.3. The summed E-state index contributed by atoms with van der Waals surface area (Å²) in [5.41, 5.74) is 7.79. The van der Waals surface area contributed by atoms with Gasteiger partial charge in [0.2, 0.25) is 0 Å². The molecule has 5 rings (SSSR count). The Labute approximate surface area is 283 Å². The zero-order valence-electron chi connectivity index (χ0n) is 27.8. The van der Waals surface area contributed by atoms with E-state index in [2.05, 4.69) is 58.2 Å². The average Bonchev–Trinajstić information content (AvgIpc) is 3.04. The highest BCUT2D eigenvalue weighted by Gasteiger charge is 2.39. The number of carbonyl (C=O) groups is 1. The van der Waals surface area contributed by atoms with E-state index in [9.17, 15) is 35.8 Å². The fourth-order valence-electron chi connectivity index (χ4n) is 5.63. The lowest BCUT2D eigenvalue weighted by atomic mass is 9.84. The second kappa shape index (κ2) is 16.4. The summed E-state index contributed by atoms with van der Waals surface area (Å²) in [7, 11) is -4.58. The summed E-state index contributed by atoms with van der Waals surface area (Å²) in [6.07, 6.45) is 2.08. The van der Waals surface area contributed by atoms with Gasteiger partial charge in [0, 0.05) is 18.4 Å². The van der Waals surface area contributed by atoms with Crippen LogP contribution in [0, 0.1) is 20.8 Å². The Balaban J connectivity index is 0.000000253. The number of carboxylic acid groups (broad SMARTS) is 1. The van der Waals surface area contributed by atoms with Crippen molar-refractivity contribution in [3.05, 3.63) is 124 Å². The molecule has 0 fully saturated rings. The first-order valence-corrected chi connectivity index (χ1v) is 18.1. The van der Waals surface area contributed by atoms with Crippen molar-refractivity contribution in [1.82, 2.24) is 0 Å². The molecule has 1 aliphatic heterocycles. The maximum absolute atomic E-state index is 11.3. The van der Waals surface area contributed by atoms with E-state index in [0.717, 1.165) is 35.2 Å². The average molecular weight is 697 g/mol. The van der Waals surface area contributed by atoms with Gasteiger partial charge in [-0.05, 0) is 85.0 Å². The third-order valence-corrected chi connectivity index (χ3v) is 10.3. The predicted molar refractivity (Wildman–Crippen MR) is 181 cm³/mol. The number of nitrogens with zero attached hydrogens (tertiary/aromatic N) is 1. The van der Waals surface area contributed by atoms with Crippen LogP contribution in [0.25, 0.3) is 0 Å². The van der Waals surface area contributed by atoms with Crippen LogP contribution in [-0.2, 0) is 37.9 Å². The Morgan fingerprint density at radius 1 is 0.812 bits per heavy atom. The van der Waals surface area contributed by atoms with Gasteiger partial charge in [-0.25, -0.2) is 16.8 Å². The van der Waals surface area contributed by atoms with Crippen molar-refractivity contribution in [1.29, 1.82) is 0 Å². The number of hydrogen-bond donors (Lipinski definition) is 1. The Bertz CT molecular complexity index is 1850. The molecule has 1 aliphatic rings. The summed E-state index contributed by atoms with van der Waals surface area (Å²) in [6.45, 7) is 8.00. The number of fused-ring (bicyclic) bond motifs is 1. The molecule has 0 saturated carbocycles. The molecular weight excluding hydrogens is 655 g/mol. The van der Waals surface area contributed by atoms with E-state index < -0.39 is 26.2 Å². The van der Waals surface area contributed by atoms with Crippen molar-refractivity contribution in [2.24, 2.45) is 0 Å². The first-order chi connectivity index (χ1) is 22.4. The Kier molecular flexibility index (Phi) is 13.1. The van der Waals surface area contributed by atoms with Gasteiger partial charge in [0.25, 0.3) is 0 Å². The summed E-state index contributed by atoms with van der Waals surface area (Å²) in [5, 5.41) is 9.28. The van der Waals surface area contributed by atoms with Crippen molar-refractivity contribution in [2.75, 3.05) is 27.2 Å². The number of hydrogen-bond acceptors (Lipinski definition) is 8. The number of likely N-dealkylation sites (N-methyl/N-ethyl adjacent to an activating group) is 1. The largest absolute Gasteiger partial charge is 0.744 e. The molecule has 0 aromatic heterocycles. The number of methoxy groups -OCH3 is 1. The molecule has 10 nitrogen and oxygen atoms in total. The summed E-state index contributed by atoms with van der Waals surface area (Å²) in [5.74, 6) is 0.189. The summed E-state index contributed by atoms with van der Waals surface area (Å²) >= 11 is 0. The first kappa shape index (κ1) is 38.4. The van der Waals surface area contributed by atoms with Crippen molar-refractivity contribution in [3.8, 4) is 5.75 Å². The maximum Gasteiger partial charge on any atom is 0.309 e. The van der Waals surface area contributed by atoms with Crippen LogP contribution in [0.3, 0.4) is 0 Å². The van der Waals surface area contributed by atoms with Crippen molar-refractivity contribution in [2.45, 2.75) is 55.9 Å². The fourth-order valence-corrected chi connectivity index (χ4v) is 6.61. The molecule has 0 saturated heterocycles. The second-order valence-electron chi connectivity index (χ2n) is 12.0. The lowest BCUT2D eigenvalue weighted by molar-refractivity contribution is -0.940. The Hall–Kier alpha value is -4.07. The predicted octanol–water partition coefficient (Wildman–Crippen LogP) is 5.56. The van der Waals surface area contributed by atoms with E-state index in [0.29, 0.717) is 6.54 Å². The van der Waals surface area contributed by atoms with Crippen LogP contribution in [0.4, 0.5) is 0 Å². The smallest absolute Gasteiger partial charge is 0.309 e. The normalized spacial score (nSPS) is 17.1. The van der Waals surface area contributed by atoms with E-state index in [-0.39, 0.29) is 22.3 Å². The number of carboxylic acids is 1. The molecule has 4 aromatic rings. The molecule has 4 aromatic carbocycles. The van der Waals surface area contributed by atoms with E-state index >= 15 is 0 Å². The molecule has 2 atom stereocenters. The van der Waals surface area contributed by atoms with Gasteiger partial charge in [0.05, 0.1) is 43.5 Å². The van der Waals surface area contributed by atoms with Crippen LogP contribution < -0.4 is 4.74 Å². The monoisotopic (exact) mass is 696 g/mol. The van der Waals surface area contributed by atoms with Gasteiger partial charge in [0.15, 0.2) is 0 Å². The number of aryl methyl sites for hydroxylation is 3. The van der Waals surface area contributed by atoms with Gasteiger partial charge < -0.3 is 23.4 Å². The molecule has 0 radical (unpaired) electrons. The molecule has 0 aliphatic carbocycles. The number of quaternary nitrogens is 1. The SMILES string of the molecule is COc1cc(C[C@@H]2c3cc(C)c(C)cc3CC[N@+]2(C)CCC(=O)O)ccc1C.O=S(=O)([O-])c1ccccc1.O=S(=O)([O-])c1ccccc1. The highest BCUT2D eigenvalue weighted by atomic mass is 32.2. The second-order valence-corrected chi connectivity index (χ2v) is 14.8. The van der Waals surface area contributed by atoms with Crippen molar-refractivity contribution < 1.29 is 45.1 Å².